The van der Waals surface area contributed by atoms with Gasteiger partial charge in [-0.15, -0.1) is 0 Å². The smallest absolute Gasteiger partial charge is 0.319 e. The molecule has 1 aliphatic heterocycles. The zero-order valence-corrected chi connectivity index (χ0v) is 17.8. The van der Waals surface area contributed by atoms with Crippen molar-refractivity contribution < 1.29 is 9.53 Å². The molecule has 5 nitrogen and oxygen atoms in total. The minimum absolute atomic E-state index is 0.183. The van der Waals surface area contributed by atoms with E-state index in [9.17, 15) is 4.79 Å². The summed E-state index contributed by atoms with van der Waals surface area (Å²) in [4.78, 5) is 16.8. The van der Waals surface area contributed by atoms with Gasteiger partial charge >= 0.3 is 6.03 Å². The van der Waals surface area contributed by atoms with Crippen LogP contribution >= 0.6 is 11.8 Å². The van der Waals surface area contributed by atoms with E-state index in [4.69, 9.17) is 4.74 Å². The van der Waals surface area contributed by atoms with Crippen LogP contribution in [0.1, 0.15) is 24.0 Å². The molecule has 0 atom stereocenters. The number of fused-ring (bicyclic) bond motifs is 1. The van der Waals surface area contributed by atoms with Gasteiger partial charge in [-0.1, -0.05) is 36.4 Å². The Balaban J connectivity index is 1.25. The molecule has 1 fully saturated rings. The first-order valence-corrected chi connectivity index (χ1v) is 11.5. The van der Waals surface area contributed by atoms with Crippen LogP contribution in [-0.2, 0) is 16.9 Å². The zero-order valence-electron chi connectivity index (χ0n) is 17.0. The standard InChI is InChI=1S/C24H27N3O2S/c28-24(26-13-9-20-6-2-5-19-7-3-12-25-23(19)20)27-21-8-1-4-18(16-21)17-30-22-10-14-29-15-11-22/h1-8,12,16,22H,9-11,13-15,17H2,(H2,26,27,28). The highest BCUT2D eigenvalue weighted by Crippen LogP contribution is 2.26. The molecule has 0 bridgehead atoms. The van der Waals surface area contributed by atoms with Gasteiger partial charge in [-0.3, -0.25) is 4.98 Å². The lowest BCUT2D eigenvalue weighted by atomic mass is 10.1. The minimum Gasteiger partial charge on any atom is -0.381 e. The monoisotopic (exact) mass is 421 g/mol. The fourth-order valence-electron chi connectivity index (χ4n) is 3.65. The number of rotatable bonds is 7. The molecule has 2 N–H and O–H groups in total. The van der Waals surface area contributed by atoms with E-state index in [0.29, 0.717) is 11.8 Å². The average Bonchev–Trinajstić information content (AvgIpc) is 2.79. The highest BCUT2D eigenvalue weighted by Gasteiger charge is 2.14. The van der Waals surface area contributed by atoms with Crippen LogP contribution in [0, 0.1) is 0 Å². The van der Waals surface area contributed by atoms with Gasteiger partial charge in [-0.25, -0.2) is 4.79 Å². The number of hydrogen-bond donors (Lipinski definition) is 2. The van der Waals surface area contributed by atoms with Gasteiger partial charge in [0.05, 0.1) is 5.52 Å². The summed E-state index contributed by atoms with van der Waals surface area (Å²) >= 11 is 1.98. The van der Waals surface area contributed by atoms with E-state index in [1.165, 1.54) is 5.56 Å². The Labute approximate surface area is 181 Å². The second-order valence-electron chi connectivity index (χ2n) is 7.45. The van der Waals surface area contributed by atoms with Gasteiger partial charge < -0.3 is 15.4 Å². The average molecular weight is 422 g/mol. The summed E-state index contributed by atoms with van der Waals surface area (Å²) in [5, 5.41) is 7.69. The number of pyridine rings is 1. The van der Waals surface area contributed by atoms with Crippen LogP contribution in [0.5, 0.6) is 0 Å². The van der Waals surface area contributed by atoms with E-state index in [1.807, 2.05) is 36.0 Å². The molecule has 4 rings (SSSR count). The van der Waals surface area contributed by atoms with Crippen molar-refractivity contribution in [2.75, 3.05) is 25.1 Å². The number of benzene rings is 2. The Morgan fingerprint density at radius 2 is 1.93 bits per heavy atom. The van der Waals surface area contributed by atoms with Gasteiger partial charge in [0.1, 0.15) is 0 Å². The van der Waals surface area contributed by atoms with Crippen molar-refractivity contribution in [1.29, 1.82) is 0 Å². The molecule has 0 radical (unpaired) electrons. The maximum atomic E-state index is 12.3. The lowest BCUT2D eigenvalue weighted by molar-refractivity contribution is 0.1000. The summed E-state index contributed by atoms with van der Waals surface area (Å²) < 4.78 is 5.42. The lowest BCUT2D eigenvalue weighted by Gasteiger charge is -2.21. The first-order valence-electron chi connectivity index (χ1n) is 10.4. The maximum Gasteiger partial charge on any atom is 0.319 e. The van der Waals surface area contributed by atoms with Crippen LogP contribution in [0.4, 0.5) is 10.5 Å². The van der Waals surface area contributed by atoms with E-state index in [-0.39, 0.29) is 6.03 Å². The number of nitrogens with zero attached hydrogens (tertiary/aromatic N) is 1. The molecule has 0 saturated carbocycles. The van der Waals surface area contributed by atoms with E-state index in [2.05, 4.69) is 45.9 Å². The number of amides is 2. The highest BCUT2D eigenvalue weighted by atomic mass is 32.2. The molecule has 0 unspecified atom stereocenters. The van der Waals surface area contributed by atoms with Crippen molar-refractivity contribution >= 4 is 34.4 Å². The van der Waals surface area contributed by atoms with Crippen LogP contribution in [0.3, 0.4) is 0 Å². The molecule has 6 heteroatoms. The summed E-state index contributed by atoms with van der Waals surface area (Å²) in [5.74, 6) is 0.954. The van der Waals surface area contributed by atoms with Crippen molar-refractivity contribution in [2.45, 2.75) is 30.3 Å². The minimum atomic E-state index is -0.183. The van der Waals surface area contributed by atoms with Crippen molar-refractivity contribution in [2.24, 2.45) is 0 Å². The number of hydrogen-bond acceptors (Lipinski definition) is 4. The van der Waals surface area contributed by atoms with Crippen LogP contribution < -0.4 is 10.6 Å². The predicted molar refractivity (Wildman–Crippen MR) is 124 cm³/mol. The molecule has 0 aliphatic carbocycles. The fourth-order valence-corrected chi connectivity index (χ4v) is 4.78. The van der Waals surface area contributed by atoms with Gasteiger partial charge in [-0.05, 0) is 48.6 Å². The Morgan fingerprint density at radius 1 is 1.10 bits per heavy atom. The molecule has 2 amide bonds. The van der Waals surface area contributed by atoms with Gasteiger partial charge in [0.2, 0.25) is 0 Å². The normalized spacial score (nSPS) is 14.5. The number of para-hydroxylation sites is 1. The number of urea groups is 1. The second kappa shape index (κ2) is 10.5. The topological polar surface area (TPSA) is 63.2 Å². The molecule has 30 heavy (non-hydrogen) atoms. The zero-order chi connectivity index (χ0) is 20.6. The predicted octanol–water partition coefficient (Wildman–Crippen LogP) is 5.01. The van der Waals surface area contributed by atoms with Crippen LogP contribution in [-0.4, -0.2) is 36.0 Å². The molecule has 3 aromatic rings. The summed E-state index contributed by atoms with van der Waals surface area (Å²) in [5.41, 5.74) is 4.19. The Hall–Kier alpha value is -2.57. The summed E-state index contributed by atoms with van der Waals surface area (Å²) in [6, 6.07) is 18.1. The summed E-state index contributed by atoms with van der Waals surface area (Å²) in [6.45, 7) is 2.29. The number of aromatic nitrogens is 1. The molecule has 2 heterocycles. The van der Waals surface area contributed by atoms with Gasteiger partial charge in [-0.2, -0.15) is 11.8 Å². The Kier molecular flexibility index (Phi) is 7.21. The van der Waals surface area contributed by atoms with Crippen LogP contribution in [0.2, 0.25) is 0 Å². The summed E-state index contributed by atoms with van der Waals surface area (Å²) in [6.07, 6.45) is 4.79. The van der Waals surface area contributed by atoms with Gasteiger partial charge in [0, 0.05) is 48.0 Å². The van der Waals surface area contributed by atoms with Gasteiger partial charge in [0.15, 0.2) is 0 Å². The molecule has 156 valence electrons. The number of thioether (sulfide) groups is 1. The Bertz CT molecular complexity index is 984. The van der Waals surface area contributed by atoms with Crippen molar-refractivity contribution in [3.05, 3.63) is 71.9 Å². The van der Waals surface area contributed by atoms with E-state index < -0.39 is 0 Å². The number of ether oxygens (including phenoxy) is 1. The molecule has 1 aromatic heterocycles. The SMILES string of the molecule is O=C(NCCc1cccc2cccnc12)Nc1cccc(CSC2CCOCC2)c1. The second-order valence-corrected chi connectivity index (χ2v) is 8.73. The van der Waals surface area contributed by atoms with Crippen LogP contribution in [0.15, 0.2) is 60.8 Å². The maximum absolute atomic E-state index is 12.3. The van der Waals surface area contributed by atoms with E-state index in [1.54, 1.807) is 6.20 Å². The fraction of sp³-hybridized carbons (Fsp3) is 0.333. The molecule has 1 aliphatic rings. The van der Waals surface area contributed by atoms with Crippen molar-refractivity contribution in [3.8, 4) is 0 Å². The number of nitrogens with one attached hydrogen (secondary N) is 2. The third kappa shape index (κ3) is 5.74. The molecule has 2 aromatic carbocycles. The molecule has 1 saturated heterocycles. The van der Waals surface area contributed by atoms with Gasteiger partial charge in [0.25, 0.3) is 0 Å². The lowest BCUT2D eigenvalue weighted by Crippen LogP contribution is -2.30. The number of anilines is 1. The number of carbonyl (C=O) groups excluding carboxylic acids is 1. The van der Waals surface area contributed by atoms with Crippen LogP contribution in [0.25, 0.3) is 10.9 Å². The molecular weight excluding hydrogens is 394 g/mol. The highest BCUT2D eigenvalue weighted by molar-refractivity contribution is 7.99. The van der Waals surface area contributed by atoms with Crippen molar-refractivity contribution in [1.82, 2.24) is 10.3 Å². The first-order chi connectivity index (χ1) is 14.8. The largest absolute Gasteiger partial charge is 0.381 e. The van der Waals surface area contributed by atoms with Crippen molar-refractivity contribution in [3.63, 3.8) is 0 Å². The Morgan fingerprint density at radius 3 is 2.83 bits per heavy atom. The number of carbonyl (C=O) groups is 1. The first kappa shape index (κ1) is 20.7. The third-order valence-electron chi connectivity index (χ3n) is 5.24. The molecular formula is C24H27N3O2S. The third-order valence-corrected chi connectivity index (χ3v) is 6.68. The quantitative estimate of drug-likeness (QED) is 0.563. The van der Waals surface area contributed by atoms with E-state index >= 15 is 0 Å². The van der Waals surface area contributed by atoms with E-state index in [0.717, 1.165) is 60.4 Å². The molecule has 0 spiro atoms. The summed E-state index contributed by atoms with van der Waals surface area (Å²) in [7, 11) is 0.